The second-order valence-corrected chi connectivity index (χ2v) is 10.3. The van der Waals surface area contributed by atoms with Crippen LogP contribution in [0.4, 0.5) is 17.3 Å². The first-order valence-corrected chi connectivity index (χ1v) is 13.2. The normalized spacial score (nSPS) is 11.1. The van der Waals surface area contributed by atoms with Crippen molar-refractivity contribution >= 4 is 57.3 Å². The number of nitrogens with zero attached hydrogens (tertiary/aromatic N) is 3. The average molecular weight is 556 g/mol. The van der Waals surface area contributed by atoms with E-state index in [-0.39, 0.29) is 5.91 Å². The Hall–Kier alpha value is -3.97. The van der Waals surface area contributed by atoms with Crippen LogP contribution in [0.3, 0.4) is 0 Å². The quantitative estimate of drug-likeness (QED) is 0.213. The van der Waals surface area contributed by atoms with Crippen molar-refractivity contribution in [3.05, 3.63) is 112 Å². The number of amides is 1. The Morgan fingerprint density at radius 2 is 1.67 bits per heavy atom. The molecule has 196 valence electrons. The Morgan fingerprint density at radius 1 is 0.897 bits per heavy atom. The summed E-state index contributed by atoms with van der Waals surface area (Å²) in [6.07, 6.45) is 0. The lowest BCUT2D eigenvalue weighted by Crippen LogP contribution is -2.14. The van der Waals surface area contributed by atoms with E-state index >= 15 is 0 Å². The predicted molar refractivity (Wildman–Crippen MR) is 161 cm³/mol. The van der Waals surface area contributed by atoms with Gasteiger partial charge in [-0.15, -0.1) is 0 Å². The van der Waals surface area contributed by atoms with E-state index in [4.69, 9.17) is 28.2 Å². The van der Waals surface area contributed by atoms with Crippen molar-refractivity contribution in [3.63, 3.8) is 0 Å². The molecule has 5 rings (SSSR count). The summed E-state index contributed by atoms with van der Waals surface area (Å²) in [5.74, 6) is 0.233. The second kappa shape index (κ2) is 11.4. The van der Waals surface area contributed by atoms with E-state index in [2.05, 4.69) is 26.6 Å². The molecule has 39 heavy (non-hydrogen) atoms. The standard InChI is InChI=1S/C31H27Cl2N5O/c1-19-11-12-20(18-38(2)3)17-27(19)35-30(39)21-13-15-22(16-14-21)34-31-36-26-10-5-4-7-23(26)29(37-31)24-8-6-9-25(32)28(24)33/h4-17H,18H2,1-3H3,(H,35,39)(H,34,36,37). The van der Waals surface area contributed by atoms with Crippen LogP contribution in [-0.2, 0) is 6.54 Å². The molecular formula is C31H27Cl2N5O. The molecule has 0 radical (unpaired) electrons. The number of aryl methyl sites for hydroxylation is 1. The topological polar surface area (TPSA) is 70.2 Å². The molecule has 0 aliphatic carbocycles. The van der Waals surface area contributed by atoms with Gasteiger partial charge in [-0.3, -0.25) is 4.79 Å². The molecule has 4 aromatic carbocycles. The molecule has 0 saturated heterocycles. The maximum atomic E-state index is 13.0. The number of aromatic nitrogens is 2. The minimum atomic E-state index is -0.175. The molecule has 1 heterocycles. The molecule has 0 atom stereocenters. The fourth-order valence-electron chi connectivity index (χ4n) is 4.32. The molecule has 0 unspecified atom stereocenters. The molecule has 5 aromatic rings. The van der Waals surface area contributed by atoms with Gasteiger partial charge in [-0.2, -0.15) is 0 Å². The van der Waals surface area contributed by atoms with Gasteiger partial charge in [-0.05, 0) is 74.6 Å². The summed E-state index contributed by atoms with van der Waals surface area (Å²) in [7, 11) is 4.04. The van der Waals surface area contributed by atoms with Crippen molar-refractivity contribution in [2.75, 3.05) is 24.7 Å². The summed E-state index contributed by atoms with van der Waals surface area (Å²) in [4.78, 5) is 24.5. The summed E-state index contributed by atoms with van der Waals surface area (Å²) in [6.45, 7) is 2.78. The molecule has 0 saturated carbocycles. The molecule has 0 spiro atoms. The van der Waals surface area contributed by atoms with Crippen molar-refractivity contribution in [2.24, 2.45) is 0 Å². The lowest BCUT2D eigenvalue weighted by Gasteiger charge is -2.14. The molecule has 0 bridgehead atoms. The number of nitrogens with one attached hydrogen (secondary N) is 2. The highest BCUT2D eigenvalue weighted by Gasteiger charge is 2.15. The van der Waals surface area contributed by atoms with Crippen LogP contribution in [0.1, 0.15) is 21.5 Å². The Morgan fingerprint density at radius 3 is 2.44 bits per heavy atom. The molecule has 1 amide bonds. The Labute approximate surface area is 237 Å². The zero-order valence-corrected chi connectivity index (χ0v) is 23.3. The number of carbonyl (C=O) groups excluding carboxylic acids is 1. The second-order valence-electron chi connectivity index (χ2n) is 9.56. The zero-order chi connectivity index (χ0) is 27.5. The van der Waals surface area contributed by atoms with Crippen LogP contribution in [0.2, 0.25) is 10.0 Å². The minimum absolute atomic E-state index is 0.175. The number of halogens is 2. The fraction of sp³-hybridized carbons (Fsp3) is 0.129. The molecule has 1 aromatic heterocycles. The monoisotopic (exact) mass is 555 g/mol. The zero-order valence-electron chi connectivity index (χ0n) is 21.8. The minimum Gasteiger partial charge on any atom is -0.324 e. The van der Waals surface area contributed by atoms with E-state index in [9.17, 15) is 4.79 Å². The van der Waals surface area contributed by atoms with Gasteiger partial charge in [0.05, 0.1) is 21.3 Å². The third kappa shape index (κ3) is 6.04. The van der Waals surface area contributed by atoms with E-state index in [1.54, 1.807) is 18.2 Å². The largest absolute Gasteiger partial charge is 0.324 e. The van der Waals surface area contributed by atoms with Gasteiger partial charge in [0.2, 0.25) is 5.95 Å². The number of hydrogen-bond acceptors (Lipinski definition) is 5. The number of benzene rings is 4. The van der Waals surface area contributed by atoms with Gasteiger partial charge in [0, 0.05) is 34.4 Å². The van der Waals surface area contributed by atoms with Gasteiger partial charge in [0.1, 0.15) is 0 Å². The van der Waals surface area contributed by atoms with Gasteiger partial charge in [-0.25, -0.2) is 9.97 Å². The van der Waals surface area contributed by atoms with Gasteiger partial charge >= 0.3 is 0 Å². The van der Waals surface area contributed by atoms with E-state index in [0.717, 1.165) is 45.5 Å². The fourth-order valence-corrected chi connectivity index (χ4v) is 4.71. The molecule has 8 heteroatoms. The highest BCUT2D eigenvalue weighted by atomic mass is 35.5. The number of carbonyl (C=O) groups is 1. The first-order valence-electron chi connectivity index (χ1n) is 12.4. The molecule has 0 fully saturated rings. The van der Waals surface area contributed by atoms with Crippen LogP contribution in [-0.4, -0.2) is 34.9 Å². The molecule has 0 aliphatic rings. The Kier molecular flexibility index (Phi) is 7.79. The average Bonchev–Trinajstić information content (AvgIpc) is 2.92. The van der Waals surface area contributed by atoms with Crippen molar-refractivity contribution in [3.8, 4) is 11.3 Å². The molecule has 6 nitrogen and oxygen atoms in total. The van der Waals surface area contributed by atoms with E-state index in [1.807, 2.05) is 81.7 Å². The highest BCUT2D eigenvalue weighted by molar-refractivity contribution is 6.43. The highest BCUT2D eigenvalue weighted by Crippen LogP contribution is 2.36. The van der Waals surface area contributed by atoms with E-state index in [0.29, 0.717) is 27.3 Å². The van der Waals surface area contributed by atoms with E-state index < -0.39 is 0 Å². The van der Waals surface area contributed by atoms with Crippen LogP contribution >= 0.6 is 23.2 Å². The Bertz CT molecular complexity index is 1670. The third-order valence-corrected chi connectivity index (χ3v) is 7.08. The van der Waals surface area contributed by atoms with Crippen molar-refractivity contribution in [2.45, 2.75) is 13.5 Å². The van der Waals surface area contributed by atoms with Crippen LogP contribution in [0.5, 0.6) is 0 Å². The molecular weight excluding hydrogens is 529 g/mol. The summed E-state index contributed by atoms with van der Waals surface area (Å²) in [5, 5.41) is 8.06. The van der Waals surface area contributed by atoms with Gasteiger partial charge in [0.15, 0.2) is 0 Å². The lowest BCUT2D eigenvalue weighted by atomic mass is 10.1. The number of para-hydroxylation sites is 1. The van der Waals surface area contributed by atoms with Crippen LogP contribution in [0.25, 0.3) is 22.2 Å². The maximum Gasteiger partial charge on any atom is 0.255 e. The number of rotatable bonds is 7. The summed E-state index contributed by atoms with van der Waals surface area (Å²) in [6, 6.07) is 26.5. The number of hydrogen-bond donors (Lipinski definition) is 2. The Balaban J connectivity index is 1.38. The van der Waals surface area contributed by atoms with Crippen molar-refractivity contribution < 1.29 is 4.79 Å². The number of fused-ring (bicyclic) bond motifs is 1. The SMILES string of the molecule is Cc1ccc(CN(C)C)cc1NC(=O)c1ccc(Nc2nc(-c3cccc(Cl)c3Cl)c3ccccc3n2)cc1. The van der Waals surface area contributed by atoms with Crippen molar-refractivity contribution in [1.82, 2.24) is 14.9 Å². The summed E-state index contributed by atoms with van der Waals surface area (Å²) >= 11 is 12.8. The lowest BCUT2D eigenvalue weighted by molar-refractivity contribution is 0.102. The third-order valence-electron chi connectivity index (χ3n) is 6.26. The van der Waals surface area contributed by atoms with Crippen LogP contribution in [0, 0.1) is 6.92 Å². The van der Waals surface area contributed by atoms with Gasteiger partial charge in [-0.1, -0.05) is 65.7 Å². The van der Waals surface area contributed by atoms with E-state index in [1.165, 1.54) is 0 Å². The maximum absolute atomic E-state index is 13.0. The van der Waals surface area contributed by atoms with Crippen molar-refractivity contribution in [1.29, 1.82) is 0 Å². The van der Waals surface area contributed by atoms with Gasteiger partial charge < -0.3 is 15.5 Å². The predicted octanol–water partition coefficient (Wildman–Crippen LogP) is 7.97. The molecule has 2 N–H and O–H groups in total. The summed E-state index contributed by atoms with van der Waals surface area (Å²) in [5.41, 5.74) is 6.41. The number of anilines is 3. The summed E-state index contributed by atoms with van der Waals surface area (Å²) < 4.78 is 0. The smallest absolute Gasteiger partial charge is 0.255 e. The van der Waals surface area contributed by atoms with Crippen LogP contribution < -0.4 is 10.6 Å². The van der Waals surface area contributed by atoms with Crippen LogP contribution in [0.15, 0.2) is 84.9 Å². The van der Waals surface area contributed by atoms with Gasteiger partial charge in [0.25, 0.3) is 5.91 Å². The molecule has 0 aliphatic heterocycles. The first kappa shape index (κ1) is 26.6. The first-order chi connectivity index (χ1) is 18.8.